The highest BCUT2D eigenvalue weighted by Gasteiger charge is 2.71. The molecule has 0 spiro atoms. The van der Waals surface area contributed by atoms with Crippen LogP contribution in [-0.2, 0) is 20.4 Å². The summed E-state index contributed by atoms with van der Waals surface area (Å²) in [5, 5.41) is 1.73. The van der Waals surface area contributed by atoms with Crippen LogP contribution in [0.1, 0.15) is 24.5 Å². The highest BCUT2D eigenvalue weighted by molar-refractivity contribution is 5.71. The average Bonchev–Trinajstić information content (AvgIpc) is 3.47. The first kappa shape index (κ1) is 27.0. The van der Waals surface area contributed by atoms with Crippen molar-refractivity contribution in [2.24, 2.45) is 5.41 Å². The monoisotopic (exact) mass is 545 g/mol. The van der Waals surface area contributed by atoms with Gasteiger partial charge in [0.1, 0.15) is 18.1 Å². The number of aryl methyl sites for hydroxylation is 1. The Morgan fingerprint density at radius 3 is 2.54 bits per heavy atom. The maximum absolute atomic E-state index is 13.1. The zero-order chi connectivity index (χ0) is 27.8. The number of carbonyl (C=O) groups is 1. The second-order valence-corrected chi connectivity index (χ2v) is 9.68. The molecule has 3 fully saturated rings. The van der Waals surface area contributed by atoms with Gasteiger partial charge in [-0.05, 0) is 75.3 Å². The van der Waals surface area contributed by atoms with Gasteiger partial charge in [-0.3, -0.25) is 5.01 Å². The van der Waals surface area contributed by atoms with E-state index in [0.717, 1.165) is 17.7 Å². The van der Waals surface area contributed by atoms with Crippen LogP contribution in [0.25, 0.3) is 0 Å². The zero-order valence-electron chi connectivity index (χ0n) is 21.8. The number of hydrogen-bond donors (Lipinski definition) is 1. The van der Waals surface area contributed by atoms with E-state index in [1.165, 1.54) is 12.1 Å². The lowest BCUT2D eigenvalue weighted by molar-refractivity contribution is -0.348. The largest absolute Gasteiger partial charge is 0.492 e. The SMILES string of the molecule is CCOC(=O)COc1ccc(OCC2(C34NN(c5ccc(C(F)(F)F)cc5)C(O3)N4C)C=CC=CC2)c(C)c1. The zero-order valence-corrected chi connectivity index (χ0v) is 21.8. The van der Waals surface area contributed by atoms with Gasteiger partial charge in [0.25, 0.3) is 0 Å². The Morgan fingerprint density at radius 1 is 1.15 bits per heavy atom. The summed E-state index contributed by atoms with van der Waals surface area (Å²) in [6, 6.07) is 10.3. The number of fused-ring (bicyclic) bond motifs is 1. The number of nitrogens with zero attached hydrogens (tertiary/aromatic N) is 2. The number of ether oxygens (including phenoxy) is 4. The van der Waals surface area contributed by atoms with E-state index in [1.54, 1.807) is 30.1 Å². The van der Waals surface area contributed by atoms with Crippen molar-refractivity contribution < 1.29 is 36.9 Å². The van der Waals surface area contributed by atoms with Crippen LogP contribution in [0.15, 0.2) is 66.8 Å². The summed E-state index contributed by atoms with van der Waals surface area (Å²) in [6.07, 6.45) is 3.67. The van der Waals surface area contributed by atoms with Crippen molar-refractivity contribution in [1.29, 1.82) is 0 Å². The molecule has 11 heteroatoms. The lowest BCUT2D eigenvalue weighted by Gasteiger charge is -2.55. The summed E-state index contributed by atoms with van der Waals surface area (Å²) in [6.45, 7) is 3.98. The fourth-order valence-corrected chi connectivity index (χ4v) is 5.10. The van der Waals surface area contributed by atoms with Gasteiger partial charge < -0.3 is 18.9 Å². The Labute approximate surface area is 224 Å². The number of hydrazine groups is 1. The van der Waals surface area contributed by atoms with Crippen LogP contribution in [0.2, 0.25) is 0 Å². The first-order valence-electron chi connectivity index (χ1n) is 12.6. The van der Waals surface area contributed by atoms with Gasteiger partial charge in [0.2, 0.25) is 12.2 Å². The molecule has 0 saturated carbocycles. The van der Waals surface area contributed by atoms with Crippen molar-refractivity contribution in [1.82, 2.24) is 10.3 Å². The first-order valence-corrected chi connectivity index (χ1v) is 12.6. The number of alkyl halides is 3. The van der Waals surface area contributed by atoms with Gasteiger partial charge in [-0.25, -0.2) is 9.69 Å². The van der Waals surface area contributed by atoms with Crippen LogP contribution in [0.3, 0.4) is 0 Å². The quantitative estimate of drug-likeness (QED) is 0.453. The number of halogens is 3. The lowest BCUT2D eigenvalue weighted by Crippen LogP contribution is -2.73. The van der Waals surface area contributed by atoms with E-state index < -0.39 is 35.3 Å². The second kappa shape index (κ2) is 10.2. The van der Waals surface area contributed by atoms with Gasteiger partial charge in [-0.15, -0.1) is 0 Å². The van der Waals surface area contributed by atoms with E-state index in [4.69, 9.17) is 18.9 Å². The van der Waals surface area contributed by atoms with E-state index in [0.29, 0.717) is 23.6 Å². The number of hydrogen-bond acceptors (Lipinski definition) is 8. The summed E-state index contributed by atoms with van der Waals surface area (Å²) in [7, 11) is 1.90. The minimum atomic E-state index is -4.41. The summed E-state index contributed by atoms with van der Waals surface area (Å²) in [5.41, 5.74) is 3.42. The van der Waals surface area contributed by atoms with Gasteiger partial charge in [0, 0.05) is 0 Å². The molecule has 1 aliphatic carbocycles. The molecule has 208 valence electrons. The summed E-state index contributed by atoms with van der Waals surface area (Å²) >= 11 is 0. The van der Waals surface area contributed by atoms with Crippen molar-refractivity contribution in [3.8, 4) is 11.5 Å². The molecule has 2 aromatic carbocycles. The number of nitrogens with one attached hydrogen (secondary N) is 1. The van der Waals surface area contributed by atoms with E-state index in [-0.39, 0.29) is 19.8 Å². The van der Waals surface area contributed by atoms with Crippen LogP contribution in [0.4, 0.5) is 18.9 Å². The molecule has 2 aromatic rings. The third-order valence-electron chi connectivity index (χ3n) is 7.18. The van der Waals surface area contributed by atoms with Crippen LogP contribution >= 0.6 is 0 Å². The number of rotatable bonds is 9. The van der Waals surface area contributed by atoms with E-state index in [1.807, 2.05) is 43.2 Å². The molecule has 3 aliphatic heterocycles. The molecule has 3 heterocycles. The van der Waals surface area contributed by atoms with Crippen LogP contribution in [0, 0.1) is 12.3 Å². The Bertz CT molecular complexity index is 1280. The summed E-state index contributed by atoms with van der Waals surface area (Å²) in [4.78, 5) is 13.6. The number of esters is 1. The molecule has 0 amide bonds. The third-order valence-corrected chi connectivity index (χ3v) is 7.18. The predicted octanol–water partition coefficient (Wildman–Crippen LogP) is 4.76. The van der Waals surface area contributed by atoms with Crippen molar-refractivity contribution in [2.45, 2.75) is 38.6 Å². The molecule has 4 aliphatic rings. The van der Waals surface area contributed by atoms with Gasteiger partial charge in [-0.1, -0.05) is 24.3 Å². The lowest BCUT2D eigenvalue weighted by atomic mass is 9.75. The summed E-state index contributed by atoms with van der Waals surface area (Å²) < 4.78 is 62.3. The first-order chi connectivity index (χ1) is 18.6. The molecule has 0 radical (unpaired) electrons. The maximum Gasteiger partial charge on any atom is 0.416 e. The molecule has 3 saturated heterocycles. The second-order valence-electron chi connectivity index (χ2n) is 9.68. The van der Waals surface area contributed by atoms with Gasteiger partial charge in [0.15, 0.2) is 6.61 Å². The minimum Gasteiger partial charge on any atom is -0.492 e. The van der Waals surface area contributed by atoms with Crippen LogP contribution in [-0.4, -0.2) is 49.9 Å². The molecule has 39 heavy (non-hydrogen) atoms. The molecular weight excluding hydrogens is 515 g/mol. The molecule has 1 N–H and O–H groups in total. The standard InChI is InChI=1S/C28H30F3N3O5/c1-4-36-24(35)17-37-22-12-13-23(19(2)16-22)38-18-26(14-6-5-7-15-26)28-32-34(25(39-28)33(28)3)21-10-8-20(9-11-21)27(29,30)31/h5-14,16,25,32H,4,15,17-18H2,1-3H3. The Hall–Kier alpha value is -3.54. The van der Waals surface area contributed by atoms with Crippen molar-refractivity contribution in [3.05, 3.63) is 77.9 Å². The molecule has 3 atom stereocenters. The molecule has 8 nitrogen and oxygen atoms in total. The number of benzene rings is 2. The molecule has 2 bridgehead atoms. The van der Waals surface area contributed by atoms with Crippen LogP contribution in [0.5, 0.6) is 11.5 Å². The number of allylic oxidation sites excluding steroid dienone is 3. The summed E-state index contributed by atoms with van der Waals surface area (Å²) in [5.74, 6) is -0.242. The Balaban J connectivity index is 1.31. The topological polar surface area (TPSA) is 72.5 Å². The number of anilines is 1. The molecule has 0 aromatic heterocycles. The normalized spacial score (nSPS) is 25.9. The Morgan fingerprint density at radius 2 is 1.92 bits per heavy atom. The van der Waals surface area contributed by atoms with Crippen LogP contribution < -0.4 is 19.9 Å². The average molecular weight is 546 g/mol. The van der Waals surface area contributed by atoms with E-state index in [9.17, 15) is 18.0 Å². The predicted molar refractivity (Wildman–Crippen MR) is 137 cm³/mol. The highest BCUT2D eigenvalue weighted by Crippen LogP contribution is 2.54. The third kappa shape index (κ3) is 4.86. The molecule has 6 rings (SSSR count). The van der Waals surface area contributed by atoms with Gasteiger partial charge in [-0.2, -0.15) is 18.6 Å². The van der Waals surface area contributed by atoms with Crippen molar-refractivity contribution in [3.63, 3.8) is 0 Å². The fraction of sp³-hybridized carbons (Fsp3) is 0.393. The molecular formula is C28H30F3N3O5. The van der Waals surface area contributed by atoms with E-state index in [2.05, 4.69) is 5.43 Å². The Kier molecular flexibility index (Phi) is 7.08. The fourth-order valence-electron chi connectivity index (χ4n) is 5.10. The smallest absolute Gasteiger partial charge is 0.416 e. The van der Waals surface area contributed by atoms with Crippen molar-refractivity contribution in [2.75, 3.05) is 31.9 Å². The molecule has 3 unspecified atom stereocenters. The maximum atomic E-state index is 13.1. The van der Waals surface area contributed by atoms with Gasteiger partial charge >= 0.3 is 12.1 Å². The number of carbonyl (C=O) groups excluding carboxylic acids is 1. The van der Waals surface area contributed by atoms with E-state index >= 15 is 0 Å². The van der Waals surface area contributed by atoms with Crippen molar-refractivity contribution >= 4 is 11.7 Å². The minimum absolute atomic E-state index is 0.178. The van der Waals surface area contributed by atoms with Gasteiger partial charge in [0.05, 0.1) is 23.3 Å². The highest BCUT2D eigenvalue weighted by atomic mass is 19.4.